The van der Waals surface area contributed by atoms with Crippen LogP contribution in [0.25, 0.3) is 11.0 Å². The SMILES string of the molecule is CCNCCc1nc2ccc(F)c(F)c2n1C1CCN(Cc2ccccc2)CC1. The molecule has 0 unspecified atom stereocenters. The molecule has 1 saturated heterocycles. The molecule has 2 aromatic carbocycles. The zero-order valence-corrected chi connectivity index (χ0v) is 16.9. The lowest BCUT2D eigenvalue weighted by molar-refractivity contribution is 0.179. The molecule has 6 heteroatoms. The summed E-state index contributed by atoms with van der Waals surface area (Å²) in [4.78, 5) is 7.08. The van der Waals surface area contributed by atoms with Gasteiger partial charge in [0.2, 0.25) is 0 Å². The quantitative estimate of drug-likeness (QED) is 0.603. The molecule has 1 aromatic heterocycles. The Balaban J connectivity index is 1.56. The van der Waals surface area contributed by atoms with Crippen LogP contribution in [0, 0.1) is 11.6 Å². The molecule has 0 atom stereocenters. The summed E-state index contributed by atoms with van der Waals surface area (Å²) >= 11 is 0. The minimum absolute atomic E-state index is 0.139. The van der Waals surface area contributed by atoms with E-state index in [-0.39, 0.29) is 6.04 Å². The molecule has 1 aliphatic heterocycles. The van der Waals surface area contributed by atoms with Crippen molar-refractivity contribution in [3.63, 3.8) is 0 Å². The fourth-order valence-electron chi connectivity index (χ4n) is 4.30. The lowest BCUT2D eigenvalue weighted by Crippen LogP contribution is -2.35. The van der Waals surface area contributed by atoms with Crippen molar-refractivity contribution in [1.82, 2.24) is 19.8 Å². The van der Waals surface area contributed by atoms with Gasteiger partial charge in [-0.2, -0.15) is 0 Å². The molecule has 154 valence electrons. The number of hydrogen-bond acceptors (Lipinski definition) is 3. The van der Waals surface area contributed by atoms with E-state index in [1.54, 1.807) is 6.07 Å². The van der Waals surface area contributed by atoms with E-state index < -0.39 is 11.6 Å². The largest absolute Gasteiger partial charge is 0.322 e. The van der Waals surface area contributed by atoms with Crippen LogP contribution in [-0.2, 0) is 13.0 Å². The number of likely N-dealkylation sites (tertiary alicyclic amines) is 1. The summed E-state index contributed by atoms with van der Waals surface area (Å²) in [5.41, 5.74) is 2.17. The van der Waals surface area contributed by atoms with E-state index in [0.717, 1.165) is 51.4 Å². The van der Waals surface area contributed by atoms with Gasteiger partial charge in [0.15, 0.2) is 11.6 Å². The molecule has 29 heavy (non-hydrogen) atoms. The molecule has 0 amide bonds. The topological polar surface area (TPSA) is 33.1 Å². The van der Waals surface area contributed by atoms with Gasteiger partial charge in [-0.25, -0.2) is 13.8 Å². The van der Waals surface area contributed by atoms with Gasteiger partial charge >= 0.3 is 0 Å². The van der Waals surface area contributed by atoms with Crippen molar-refractivity contribution in [1.29, 1.82) is 0 Å². The highest BCUT2D eigenvalue weighted by Crippen LogP contribution is 2.31. The Morgan fingerprint density at radius 2 is 1.83 bits per heavy atom. The van der Waals surface area contributed by atoms with Crippen molar-refractivity contribution in [2.24, 2.45) is 0 Å². The molecule has 1 aliphatic rings. The molecule has 4 nitrogen and oxygen atoms in total. The lowest BCUT2D eigenvalue weighted by Gasteiger charge is -2.33. The van der Waals surface area contributed by atoms with E-state index >= 15 is 0 Å². The number of hydrogen-bond donors (Lipinski definition) is 1. The van der Waals surface area contributed by atoms with Gasteiger partial charge in [-0.15, -0.1) is 0 Å². The van der Waals surface area contributed by atoms with Gasteiger partial charge in [0.1, 0.15) is 11.3 Å². The Hall–Kier alpha value is -2.31. The van der Waals surface area contributed by atoms with E-state index in [4.69, 9.17) is 0 Å². The van der Waals surface area contributed by atoms with Crippen LogP contribution < -0.4 is 5.32 Å². The molecule has 0 radical (unpaired) electrons. The van der Waals surface area contributed by atoms with Crippen LogP contribution in [0.2, 0.25) is 0 Å². The lowest BCUT2D eigenvalue weighted by atomic mass is 10.0. The zero-order valence-electron chi connectivity index (χ0n) is 16.9. The first-order valence-electron chi connectivity index (χ1n) is 10.5. The van der Waals surface area contributed by atoms with Gasteiger partial charge in [-0.05, 0) is 37.1 Å². The maximum Gasteiger partial charge on any atom is 0.184 e. The molecule has 3 aromatic rings. The number of fused-ring (bicyclic) bond motifs is 1. The monoisotopic (exact) mass is 398 g/mol. The Labute approximate surface area is 170 Å². The molecular weight excluding hydrogens is 370 g/mol. The maximum absolute atomic E-state index is 14.7. The van der Waals surface area contributed by atoms with Crippen LogP contribution in [0.5, 0.6) is 0 Å². The number of halogens is 2. The minimum atomic E-state index is -0.807. The summed E-state index contributed by atoms with van der Waals surface area (Å²) < 4.78 is 30.7. The van der Waals surface area contributed by atoms with E-state index in [0.29, 0.717) is 17.5 Å². The van der Waals surface area contributed by atoms with Crippen molar-refractivity contribution in [3.05, 3.63) is 65.5 Å². The van der Waals surface area contributed by atoms with Crippen molar-refractivity contribution in [3.8, 4) is 0 Å². The number of rotatable bonds is 7. The fourth-order valence-corrected chi connectivity index (χ4v) is 4.30. The van der Waals surface area contributed by atoms with Gasteiger partial charge in [-0.3, -0.25) is 4.90 Å². The standard InChI is InChI=1S/C23H28F2N4/c1-2-26-13-10-21-27-20-9-8-19(24)22(25)23(20)29(21)18-11-14-28(15-12-18)16-17-6-4-3-5-7-17/h3-9,18,26H,2,10-16H2,1H3. The summed E-state index contributed by atoms with van der Waals surface area (Å²) in [6, 6.07) is 13.3. The molecule has 0 spiro atoms. The molecular formula is C23H28F2N4. The fraction of sp³-hybridized carbons (Fsp3) is 0.435. The maximum atomic E-state index is 14.7. The van der Waals surface area contributed by atoms with Gasteiger partial charge < -0.3 is 9.88 Å². The summed E-state index contributed by atoms with van der Waals surface area (Å²) in [7, 11) is 0. The summed E-state index contributed by atoms with van der Waals surface area (Å²) in [5, 5.41) is 3.30. The predicted molar refractivity (Wildman–Crippen MR) is 112 cm³/mol. The number of benzene rings is 2. The third-order valence-electron chi connectivity index (χ3n) is 5.76. The molecule has 0 saturated carbocycles. The number of imidazole rings is 1. The minimum Gasteiger partial charge on any atom is -0.322 e. The van der Waals surface area contributed by atoms with Crippen LogP contribution >= 0.6 is 0 Å². The first-order valence-corrected chi connectivity index (χ1v) is 10.5. The van der Waals surface area contributed by atoms with Gasteiger partial charge in [0, 0.05) is 38.6 Å². The molecule has 2 heterocycles. The summed E-state index contributed by atoms with van der Waals surface area (Å²) in [6.07, 6.45) is 2.51. The Morgan fingerprint density at radius 3 is 2.55 bits per heavy atom. The van der Waals surface area contributed by atoms with Gasteiger partial charge in [0.05, 0.1) is 5.52 Å². The van der Waals surface area contributed by atoms with E-state index in [2.05, 4.69) is 46.4 Å². The van der Waals surface area contributed by atoms with Gasteiger partial charge in [0.25, 0.3) is 0 Å². The second-order valence-corrected chi connectivity index (χ2v) is 7.72. The molecule has 1 fully saturated rings. The third kappa shape index (κ3) is 4.33. The predicted octanol–water partition coefficient (Wildman–Crippen LogP) is 4.30. The van der Waals surface area contributed by atoms with Gasteiger partial charge in [-0.1, -0.05) is 37.3 Å². The van der Waals surface area contributed by atoms with E-state index in [1.807, 2.05) is 10.6 Å². The number of nitrogens with one attached hydrogen (secondary N) is 1. The molecule has 4 rings (SSSR count). The number of nitrogens with zero attached hydrogens (tertiary/aromatic N) is 3. The van der Waals surface area contributed by atoms with Crippen LogP contribution in [-0.4, -0.2) is 40.6 Å². The van der Waals surface area contributed by atoms with E-state index in [1.165, 1.54) is 11.6 Å². The van der Waals surface area contributed by atoms with Crippen molar-refractivity contribution in [2.45, 2.75) is 38.8 Å². The van der Waals surface area contributed by atoms with Crippen molar-refractivity contribution in [2.75, 3.05) is 26.2 Å². The number of aromatic nitrogens is 2. The third-order valence-corrected chi connectivity index (χ3v) is 5.76. The Morgan fingerprint density at radius 1 is 1.07 bits per heavy atom. The number of piperidine rings is 1. The molecule has 0 aliphatic carbocycles. The smallest absolute Gasteiger partial charge is 0.184 e. The highest BCUT2D eigenvalue weighted by atomic mass is 19.2. The normalized spacial score (nSPS) is 16.0. The molecule has 1 N–H and O–H groups in total. The molecule has 0 bridgehead atoms. The second kappa shape index (κ2) is 9.01. The average molecular weight is 399 g/mol. The Bertz CT molecular complexity index is 946. The zero-order chi connectivity index (χ0) is 20.2. The first kappa shape index (κ1) is 20.0. The van der Waals surface area contributed by atoms with Crippen LogP contribution in [0.4, 0.5) is 8.78 Å². The van der Waals surface area contributed by atoms with E-state index in [9.17, 15) is 8.78 Å². The summed E-state index contributed by atoms with van der Waals surface area (Å²) in [6.45, 7) is 6.50. The van der Waals surface area contributed by atoms with Crippen molar-refractivity contribution < 1.29 is 8.78 Å². The Kier molecular flexibility index (Phi) is 6.21. The highest BCUT2D eigenvalue weighted by molar-refractivity contribution is 5.77. The summed E-state index contributed by atoms with van der Waals surface area (Å²) in [5.74, 6) is -0.748. The average Bonchev–Trinajstić information content (AvgIpc) is 3.11. The first-order chi connectivity index (χ1) is 14.2. The van der Waals surface area contributed by atoms with Crippen molar-refractivity contribution >= 4 is 11.0 Å². The van der Waals surface area contributed by atoms with Crippen LogP contribution in [0.15, 0.2) is 42.5 Å². The van der Waals surface area contributed by atoms with Crippen LogP contribution in [0.1, 0.15) is 37.2 Å². The number of likely N-dealkylation sites (N-methyl/N-ethyl adjacent to an activating group) is 1. The van der Waals surface area contributed by atoms with Crippen LogP contribution in [0.3, 0.4) is 0 Å². The second-order valence-electron chi connectivity index (χ2n) is 7.72. The highest BCUT2D eigenvalue weighted by Gasteiger charge is 2.26.